The van der Waals surface area contributed by atoms with Crippen LogP contribution in [0.4, 0.5) is 5.00 Å². The van der Waals surface area contributed by atoms with E-state index in [1.165, 1.54) is 6.07 Å². The highest BCUT2D eigenvalue weighted by Gasteiger charge is 2.30. The van der Waals surface area contributed by atoms with Crippen LogP contribution in [0, 0.1) is 5.92 Å². The summed E-state index contributed by atoms with van der Waals surface area (Å²) in [6.45, 7) is 2.47. The van der Waals surface area contributed by atoms with Gasteiger partial charge in [-0.15, -0.1) is 11.3 Å². The van der Waals surface area contributed by atoms with Crippen molar-refractivity contribution in [2.24, 2.45) is 5.92 Å². The number of carbonyl (C=O) groups is 2. The van der Waals surface area contributed by atoms with Crippen molar-refractivity contribution in [1.29, 1.82) is 0 Å². The van der Waals surface area contributed by atoms with E-state index < -0.39 is 5.97 Å². The van der Waals surface area contributed by atoms with Gasteiger partial charge >= 0.3 is 5.97 Å². The molecule has 1 saturated heterocycles. The van der Waals surface area contributed by atoms with E-state index in [-0.39, 0.29) is 22.8 Å². The van der Waals surface area contributed by atoms with Crippen molar-refractivity contribution in [2.75, 3.05) is 11.9 Å². The Balaban J connectivity index is 2.00. The molecule has 1 aliphatic rings. The zero-order valence-corrected chi connectivity index (χ0v) is 10.1. The number of ether oxygens (including phenoxy) is 1. The quantitative estimate of drug-likeness (QED) is 0.863. The van der Waals surface area contributed by atoms with Gasteiger partial charge in [0.15, 0.2) is 0 Å². The van der Waals surface area contributed by atoms with Crippen LogP contribution in [-0.4, -0.2) is 29.7 Å². The largest absolute Gasteiger partial charge is 0.477 e. The second-order valence-corrected chi connectivity index (χ2v) is 5.01. The molecule has 6 heteroatoms. The van der Waals surface area contributed by atoms with Gasteiger partial charge in [0.2, 0.25) is 5.91 Å². The molecule has 1 aliphatic heterocycles. The molecule has 2 N–H and O–H groups in total. The van der Waals surface area contributed by atoms with E-state index in [9.17, 15) is 9.59 Å². The Labute approximate surface area is 102 Å². The second kappa shape index (κ2) is 4.85. The summed E-state index contributed by atoms with van der Waals surface area (Å²) >= 11 is 1.06. The maximum atomic E-state index is 11.9. The standard InChI is InChI=1S/C11H13NO4S/c1-6-7(4-5-16-6)10(13)12-9-3-2-8(17-9)11(14)15/h2-3,6-7H,4-5H2,1H3,(H,12,13)(H,14,15). The molecule has 1 fully saturated rings. The van der Waals surface area contributed by atoms with Gasteiger partial charge in [-0.2, -0.15) is 0 Å². The minimum Gasteiger partial charge on any atom is -0.477 e. The van der Waals surface area contributed by atoms with Crippen LogP contribution < -0.4 is 5.32 Å². The molecule has 2 unspecified atom stereocenters. The number of carboxylic acids is 1. The first-order valence-electron chi connectivity index (χ1n) is 5.33. The van der Waals surface area contributed by atoms with Crippen LogP contribution in [0.5, 0.6) is 0 Å². The van der Waals surface area contributed by atoms with Gasteiger partial charge in [0, 0.05) is 6.61 Å². The summed E-state index contributed by atoms with van der Waals surface area (Å²) < 4.78 is 5.32. The molecule has 5 nitrogen and oxygen atoms in total. The van der Waals surface area contributed by atoms with Crippen molar-refractivity contribution in [3.63, 3.8) is 0 Å². The summed E-state index contributed by atoms with van der Waals surface area (Å²) in [5.74, 6) is -1.23. The Morgan fingerprint density at radius 2 is 2.29 bits per heavy atom. The van der Waals surface area contributed by atoms with Gasteiger partial charge in [-0.1, -0.05) is 0 Å². The number of hydrogen-bond donors (Lipinski definition) is 2. The predicted octanol–water partition coefficient (Wildman–Crippen LogP) is 1.81. The minimum atomic E-state index is -0.979. The molecular formula is C11H13NO4S. The summed E-state index contributed by atoms with van der Waals surface area (Å²) in [6.07, 6.45) is 0.637. The molecule has 0 saturated carbocycles. The number of amides is 1. The zero-order valence-electron chi connectivity index (χ0n) is 9.30. The van der Waals surface area contributed by atoms with Gasteiger partial charge in [0.05, 0.1) is 17.0 Å². The normalized spacial score (nSPS) is 23.6. The molecule has 2 rings (SSSR count). The number of carboxylic acid groups (broad SMARTS) is 1. The van der Waals surface area contributed by atoms with Crippen LogP contribution in [0.25, 0.3) is 0 Å². The van der Waals surface area contributed by atoms with E-state index >= 15 is 0 Å². The second-order valence-electron chi connectivity index (χ2n) is 3.93. The number of anilines is 1. The molecule has 0 radical (unpaired) electrons. The van der Waals surface area contributed by atoms with E-state index in [2.05, 4.69) is 5.32 Å². The summed E-state index contributed by atoms with van der Waals surface area (Å²) in [5, 5.41) is 12.1. The van der Waals surface area contributed by atoms with Gasteiger partial charge in [0.25, 0.3) is 0 Å². The first-order valence-corrected chi connectivity index (χ1v) is 6.15. The molecule has 2 heterocycles. The van der Waals surface area contributed by atoms with E-state index in [1.807, 2.05) is 6.92 Å². The van der Waals surface area contributed by atoms with Crippen molar-refractivity contribution in [1.82, 2.24) is 0 Å². The van der Waals surface area contributed by atoms with Gasteiger partial charge in [-0.3, -0.25) is 4.79 Å². The Kier molecular flexibility index (Phi) is 3.44. The summed E-state index contributed by atoms with van der Waals surface area (Å²) in [6, 6.07) is 3.09. The number of nitrogens with one attached hydrogen (secondary N) is 1. The van der Waals surface area contributed by atoms with Crippen LogP contribution in [0.1, 0.15) is 23.0 Å². The molecule has 0 aromatic carbocycles. The van der Waals surface area contributed by atoms with Crippen LogP contribution in [0.2, 0.25) is 0 Å². The zero-order chi connectivity index (χ0) is 12.4. The van der Waals surface area contributed by atoms with Crippen LogP contribution >= 0.6 is 11.3 Å². The summed E-state index contributed by atoms with van der Waals surface area (Å²) in [7, 11) is 0. The highest BCUT2D eigenvalue weighted by Crippen LogP contribution is 2.26. The lowest BCUT2D eigenvalue weighted by Crippen LogP contribution is -2.27. The van der Waals surface area contributed by atoms with Crippen LogP contribution in [0.15, 0.2) is 12.1 Å². The van der Waals surface area contributed by atoms with Crippen molar-refractivity contribution in [3.05, 3.63) is 17.0 Å². The molecule has 1 amide bonds. The monoisotopic (exact) mass is 255 g/mol. The van der Waals surface area contributed by atoms with E-state index in [0.29, 0.717) is 18.0 Å². The number of carbonyl (C=O) groups excluding carboxylic acids is 1. The number of rotatable bonds is 3. The van der Waals surface area contributed by atoms with Gasteiger partial charge < -0.3 is 15.2 Å². The number of aromatic carboxylic acids is 1. The lowest BCUT2D eigenvalue weighted by molar-refractivity contribution is -0.121. The fourth-order valence-electron chi connectivity index (χ4n) is 1.81. The molecule has 1 aromatic rings. The molecule has 17 heavy (non-hydrogen) atoms. The summed E-state index contributed by atoms with van der Waals surface area (Å²) in [5.41, 5.74) is 0. The average molecular weight is 255 g/mol. The smallest absolute Gasteiger partial charge is 0.345 e. The Hall–Kier alpha value is -1.40. The third-order valence-corrected chi connectivity index (χ3v) is 3.76. The Morgan fingerprint density at radius 3 is 2.82 bits per heavy atom. The fraction of sp³-hybridized carbons (Fsp3) is 0.455. The van der Waals surface area contributed by atoms with Crippen molar-refractivity contribution in [2.45, 2.75) is 19.4 Å². The molecule has 92 valence electrons. The molecular weight excluding hydrogens is 242 g/mol. The first-order chi connectivity index (χ1) is 8.08. The topological polar surface area (TPSA) is 75.6 Å². The number of hydrogen-bond acceptors (Lipinski definition) is 4. The lowest BCUT2D eigenvalue weighted by atomic mass is 10.0. The Morgan fingerprint density at radius 1 is 1.53 bits per heavy atom. The molecule has 0 spiro atoms. The first kappa shape index (κ1) is 12.1. The summed E-state index contributed by atoms with van der Waals surface area (Å²) in [4.78, 5) is 22.8. The molecule has 0 bridgehead atoms. The average Bonchev–Trinajstić information content (AvgIpc) is 2.86. The van der Waals surface area contributed by atoms with Gasteiger partial charge in [0.1, 0.15) is 4.88 Å². The third kappa shape index (κ3) is 2.65. The van der Waals surface area contributed by atoms with E-state index in [0.717, 1.165) is 11.3 Å². The van der Waals surface area contributed by atoms with Crippen LogP contribution in [-0.2, 0) is 9.53 Å². The SMILES string of the molecule is CC1OCCC1C(=O)Nc1ccc(C(=O)O)s1. The fourth-order valence-corrected chi connectivity index (χ4v) is 2.56. The third-order valence-electron chi connectivity index (χ3n) is 2.78. The highest BCUT2D eigenvalue weighted by atomic mass is 32.1. The molecule has 0 aliphatic carbocycles. The highest BCUT2D eigenvalue weighted by molar-refractivity contribution is 7.18. The molecule has 1 aromatic heterocycles. The van der Waals surface area contributed by atoms with Crippen molar-refractivity contribution < 1.29 is 19.4 Å². The van der Waals surface area contributed by atoms with Gasteiger partial charge in [-0.25, -0.2) is 4.79 Å². The van der Waals surface area contributed by atoms with Crippen molar-refractivity contribution in [3.8, 4) is 0 Å². The van der Waals surface area contributed by atoms with Crippen molar-refractivity contribution >= 4 is 28.2 Å². The molecule has 2 atom stereocenters. The predicted molar refractivity (Wildman–Crippen MR) is 63.4 cm³/mol. The van der Waals surface area contributed by atoms with E-state index in [1.54, 1.807) is 6.07 Å². The number of thiophene rings is 1. The lowest BCUT2D eigenvalue weighted by Gasteiger charge is -2.12. The van der Waals surface area contributed by atoms with Crippen LogP contribution in [0.3, 0.4) is 0 Å². The minimum absolute atomic E-state index is 0.0751. The van der Waals surface area contributed by atoms with Gasteiger partial charge in [-0.05, 0) is 25.5 Å². The van der Waals surface area contributed by atoms with E-state index in [4.69, 9.17) is 9.84 Å². The maximum Gasteiger partial charge on any atom is 0.345 e. The maximum absolute atomic E-state index is 11.9. The Bertz CT molecular complexity index is 442.